The fourth-order valence-corrected chi connectivity index (χ4v) is 3.94. The van der Waals surface area contributed by atoms with E-state index in [-0.39, 0.29) is 5.56 Å². The van der Waals surface area contributed by atoms with E-state index >= 15 is 0 Å². The second-order valence-corrected chi connectivity index (χ2v) is 8.69. The van der Waals surface area contributed by atoms with Crippen LogP contribution in [0.3, 0.4) is 0 Å². The van der Waals surface area contributed by atoms with Gasteiger partial charge in [-0.1, -0.05) is 42.5 Å². The van der Waals surface area contributed by atoms with Crippen molar-refractivity contribution in [2.75, 3.05) is 0 Å². The first-order valence-corrected chi connectivity index (χ1v) is 11.4. The van der Waals surface area contributed by atoms with Gasteiger partial charge in [-0.25, -0.2) is 13.6 Å². The molecule has 41 heavy (non-hydrogen) atoms. The van der Waals surface area contributed by atoms with Crippen molar-refractivity contribution < 1.29 is 53.8 Å². The van der Waals surface area contributed by atoms with Crippen LogP contribution in [-0.4, -0.2) is 36.7 Å². The van der Waals surface area contributed by atoms with Gasteiger partial charge < -0.3 is 21.1 Å². The highest BCUT2D eigenvalue weighted by Crippen LogP contribution is 2.38. The highest BCUT2D eigenvalue weighted by atomic mass is 19.4. The van der Waals surface area contributed by atoms with Gasteiger partial charge in [0.25, 0.3) is 0 Å². The van der Waals surface area contributed by atoms with Crippen molar-refractivity contribution >= 4 is 11.9 Å². The molecule has 3 aromatic rings. The lowest BCUT2D eigenvalue weighted by atomic mass is 9.77. The van der Waals surface area contributed by atoms with Crippen LogP contribution in [0.5, 0.6) is 5.75 Å². The minimum absolute atomic E-state index is 0.113. The third kappa shape index (κ3) is 7.61. The largest absolute Gasteiger partial charge is 0.461 e. The molecule has 220 valence electrons. The molecular weight excluding hydrogens is 573 g/mol. The number of amides is 3. The fraction of sp³-hybridized carbons (Fsp3) is 0.231. The van der Waals surface area contributed by atoms with Crippen LogP contribution >= 0.6 is 0 Å². The standard InChI is InChI=1S/C26H20F9N3O3/c27-17-8-6-15(7-9-17)24(13-14-4-2-1-3-5-14,38-23(40)37-20(21(36)39)25(31,32)33)16-10-18(28)12-19(11-16)41-26(34,35)22(29)30/h1-12,20,22H,13H2,(H2,36,39)(H2,37,38,40)/t20?,24-/m1/s1. The summed E-state index contributed by atoms with van der Waals surface area (Å²) in [7, 11) is 0. The van der Waals surface area contributed by atoms with Crippen molar-refractivity contribution in [1.29, 1.82) is 0 Å². The molecule has 6 nitrogen and oxygen atoms in total. The number of hydrogen-bond acceptors (Lipinski definition) is 3. The second-order valence-electron chi connectivity index (χ2n) is 8.69. The Hall–Kier alpha value is -4.43. The Balaban J connectivity index is 2.25. The van der Waals surface area contributed by atoms with Gasteiger partial charge in [-0.15, -0.1) is 0 Å². The van der Waals surface area contributed by atoms with Crippen LogP contribution in [0.15, 0.2) is 72.8 Å². The number of primary amides is 1. The van der Waals surface area contributed by atoms with Crippen LogP contribution in [0.4, 0.5) is 44.3 Å². The summed E-state index contributed by atoms with van der Waals surface area (Å²) in [5, 5.41) is 3.55. The summed E-state index contributed by atoms with van der Waals surface area (Å²) in [4.78, 5) is 24.4. The van der Waals surface area contributed by atoms with Crippen molar-refractivity contribution in [1.82, 2.24) is 10.6 Å². The highest BCUT2D eigenvalue weighted by Gasteiger charge is 2.47. The number of nitrogens with two attached hydrogens (primary N) is 1. The average molecular weight is 593 g/mol. The number of carbonyl (C=O) groups excluding carboxylic acids is 2. The molecule has 0 radical (unpaired) electrons. The van der Waals surface area contributed by atoms with E-state index in [1.54, 1.807) is 6.07 Å². The molecule has 0 saturated carbocycles. The zero-order valence-electron chi connectivity index (χ0n) is 20.5. The number of nitrogens with one attached hydrogen (secondary N) is 2. The van der Waals surface area contributed by atoms with Gasteiger partial charge in [-0.2, -0.15) is 30.7 Å². The molecule has 0 aromatic heterocycles. The summed E-state index contributed by atoms with van der Waals surface area (Å²) in [6, 6.07) is 8.32. The Morgan fingerprint density at radius 2 is 1.44 bits per heavy atom. The molecule has 0 fully saturated rings. The maximum atomic E-state index is 14.8. The molecule has 3 aromatic carbocycles. The molecule has 0 saturated heterocycles. The number of hydrogen-bond donors (Lipinski definition) is 3. The molecule has 0 bridgehead atoms. The van der Waals surface area contributed by atoms with Crippen molar-refractivity contribution in [3.8, 4) is 5.75 Å². The predicted molar refractivity (Wildman–Crippen MR) is 126 cm³/mol. The summed E-state index contributed by atoms with van der Waals surface area (Å²) < 4.78 is 126. The molecule has 3 amide bonds. The summed E-state index contributed by atoms with van der Waals surface area (Å²) in [5.41, 5.74) is 2.32. The van der Waals surface area contributed by atoms with Gasteiger partial charge in [-0.05, 0) is 41.0 Å². The Labute approximate surface area is 226 Å². The van der Waals surface area contributed by atoms with E-state index in [1.165, 1.54) is 29.6 Å². The monoisotopic (exact) mass is 593 g/mol. The fourth-order valence-electron chi connectivity index (χ4n) is 3.94. The SMILES string of the molecule is NC(=O)C(NC(=O)N[C@](Cc1ccccc1)(c1ccc(F)cc1)c1cc(F)cc(OC(F)(F)C(F)F)c1)C(F)(F)F. The van der Waals surface area contributed by atoms with Gasteiger partial charge in [0.1, 0.15) is 17.4 Å². The zero-order chi connectivity index (χ0) is 30.6. The lowest BCUT2D eigenvalue weighted by molar-refractivity contribution is -0.253. The summed E-state index contributed by atoms with van der Waals surface area (Å²) in [5.74, 6) is -5.22. The average Bonchev–Trinajstić information content (AvgIpc) is 2.86. The number of halogens is 9. The van der Waals surface area contributed by atoms with E-state index in [1.807, 2.05) is 0 Å². The third-order valence-corrected chi connectivity index (χ3v) is 5.74. The molecular formula is C26H20F9N3O3. The normalized spacial score (nSPS) is 14.2. The van der Waals surface area contributed by atoms with E-state index in [2.05, 4.69) is 10.1 Å². The van der Waals surface area contributed by atoms with E-state index in [9.17, 15) is 49.1 Å². The molecule has 3 rings (SSSR count). The van der Waals surface area contributed by atoms with E-state index < -0.39 is 71.6 Å². The molecule has 0 aliphatic heterocycles. The van der Waals surface area contributed by atoms with Crippen LogP contribution in [0.2, 0.25) is 0 Å². The first kappa shape index (κ1) is 31.1. The topological polar surface area (TPSA) is 93.5 Å². The molecule has 15 heteroatoms. The van der Waals surface area contributed by atoms with Crippen LogP contribution in [0.1, 0.15) is 16.7 Å². The number of alkyl halides is 7. The van der Waals surface area contributed by atoms with Gasteiger partial charge >= 0.3 is 24.7 Å². The summed E-state index contributed by atoms with van der Waals surface area (Å²) in [6.45, 7) is 0. The first-order valence-electron chi connectivity index (χ1n) is 11.4. The lowest BCUT2D eigenvalue weighted by Crippen LogP contribution is -2.59. The molecule has 0 spiro atoms. The zero-order valence-corrected chi connectivity index (χ0v) is 20.5. The van der Waals surface area contributed by atoms with Crippen molar-refractivity contribution in [3.63, 3.8) is 0 Å². The highest BCUT2D eigenvalue weighted by molar-refractivity contribution is 5.87. The maximum Gasteiger partial charge on any atom is 0.461 e. The van der Waals surface area contributed by atoms with Crippen molar-refractivity contribution in [2.45, 2.75) is 36.7 Å². The molecule has 1 unspecified atom stereocenters. The second kappa shape index (κ2) is 12.0. The molecule has 2 atom stereocenters. The van der Waals surface area contributed by atoms with Crippen LogP contribution in [0, 0.1) is 11.6 Å². The predicted octanol–water partition coefficient (Wildman–Crippen LogP) is 5.40. The van der Waals surface area contributed by atoms with E-state index in [0.29, 0.717) is 23.8 Å². The van der Waals surface area contributed by atoms with Crippen LogP contribution in [-0.2, 0) is 16.8 Å². The first-order chi connectivity index (χ1) is 19.0. The minimum atomic E-state index is -5.33. The van der Waals surface area contributed by atoms with Gasteiger partial charge in [-0.3, -0.25) is 4.79 Å². The van der Waals surface area contributed by atoms with Crippen LogP contribution < -0.4 is 21.1 Å². The van der Waals surface area contributed by atoms with Gasteiger partial charge in [0.15, 0.2) is 0 Å². The minimum Gasteiger partial charge on any atom is -0.428 e. The number of benzene rings is 3. The smallest absolute Gasteiger partial charge is 0.428 e. The summed E-state index contributed by atoms with van der Waals surface area (Å²) in [6.07, 6.45) is -15.2. The Kier molecular flexibility index (Phi) is 9.09. The molecule has 0 aliphatic carbocycles. The third-order valence-electron chi connectivity index (χ3n) is 5.74. The number of rotatable bonds is 10. The molecule has 4 N–H and O–H groups in total. The Morgan fingerprint density at radius 1 is 0.829 bits per heavy atom. The Bertz CT molecular complexity index is 1370. The number of ether oxygens (including phenoxy) is 1. The number of carbonyl (C=O) groups is 2. The lowest BCUT2D eigenvalue weighted by Gasteiger charge is -2.37. The van der Waals surface area contributed by atoms with E-state index in [4.69, 9.17) is 5.73 Å². The van der Waals surface area contributed by atoms with Crippen molar-refractivity contribution in [3.05, 3.63) is 101 Å². The van der Waals surface area contributed by atoms with Gasteiger partial charge in [0.05, 0.1) is 5.54 Å². The molecule has 0 heterocycles. The van der Waals surface area contributed by atoms with E-state index in [0.717, 1.165) is 24.3 Å². The quantitative estimate of drug-likeness (QED) is 0.275. The maximum absolute atomic E-state index is 14.8. The van der Waals surface area contributed by atoms with Gasteiger partial charge in [0.2, 0.25) is 11.9 Å². The van der Waals surface area contributed by atoms with Gasteiger partial charge in [0, 0.05) is 12.5 Å². The molecule has 0 aliphatic rings. The van der Waals surface area contributed by atoms with Crippen molar-refractivity contribution in [2.24, 2.45) is 5.73 Å². The Morgan fingerprint density at radius 3 is 1.98 bits per heavy atom. The summed E-state index contributed by atoms with van der Waals surface area (Å²) >= 11 is 0. The van der Waals surface area contributed by atoms with Crippen LogP contribution in [0.25, 0.3) is 0 Å². The number of urea groups is 1.